The molecule has 0 radical (unpaired) electrons. The minimum absolute atomic E-state index is 0.0145. The van der Waals surface area contributed by atoms with Crippen LogP contribution in [0.2, 0.25) is 0 Å². The number of rotatable bonds is 0. The van der Waals surface area contributed by atoms with Gasteiger partial charge in [-0.15, -0.1) is 0 Å². The Balaban J connectivity index is 2.70. The first-order valence-corrected chi connectivity index (χ1v) is 3.56. The molecule has 0 spiro atoms. The summed E-state index contributed by atoms with van der Waals surface area (Å²) in [6.45, 7) is 6.23. The van der Waals surface area contributed by atoms with E-state index in [1.807, 2.05) is 13.8 Å². The lowest BCUT2D eigenvalue weighted by Crippen LogP contribution is -2.15. The molecule has 0 heterocycles. The van der Waals surface area contributed by atoms with Crippen LogP contribution in [0, 0.1) is 11.3 Å². The van der Waals surface area contributed by atoms with Crippen LogP contribution in [0.15, 0.2) is 0 Å². The van der Waals surface area contributed by atoms with Gasteiger partial charge in [-0.2, -0.15) is 0 Å². The first-order valence-electron chi connectivity index (χ1n) is 3.56. The smallest absolute Gasteiger partial charge is 0.138 e. The van der Waals surface area contributed by atoms with Gasteiger partial charge in [0, 0.05) is 11.8 Å². The van der Waals surface area contributed by atoms with E-state index >= 15 is 0 Å². The fourth-order valence-electron chi connectivity index (χ4n) is 1.65. The van der Waals surface area contributed by atoms with Gasteiger partial charge in [0.1, 0.15) is 5.78 Å². The minimum Gasteiger partial charge on any atom is -0.299 e. The standard InChI is InChI=1S/C8H14O/c1-6-4-7(9)8(2,3)5-6/h6H,4-5H2,1-3H3/t6-/m0/s1. The molecule has 0 aromatic heterocycles. The normalized spacial score (nSPS) is 33.2. The summed E-state index contributed by atoms with van der Waals surface area (Å²) in [7, 11) is 0. The molecule has 1 heteroatoms. The molecule has 0 aromatic carbocycles. The lowest BCUT2D eigenvalue weighted by molar-refractivity contribution is -0.124. The van der Waals surface area contributed by atoms with E-state index in [4.69, 9.17) is 0 Å². The van der Waals surface area contributed by atoms with E-state index in [1.54, 1.807) is 0 Å². The van der Waals surface area contributed by atoms with Crippen LogP contribution in [0.1, 0.15) is 33.6 Å². The van der Waals surface area contributed by atoms with Crippen molar-refractivity contribution < 1.29 is 4.79 Å². The van der Waals surface area contributed by atoms with Gasteiger partial charge in [0.15, 0.2) is 0 Å². The van der Waals surface area contributed by atoms with Crippen molar-refractivity contribution >= 4 is 5.78 Å². The van der Waals surface area contributed by atoms with E-state index in [9.17, 15) is 4.79 Å². The molecule has 1 rings (SSSR count). The van der Waals surface area contributed by atoms with Crippen LogP contribution < -0.4 is 0 Å². The summed E-state index contributed by atoms with van der Waals surface area (Å²) in [4.78, 5) is 11.1. The Labute approximate surface area is 56.4 Å². The zero-order chi connectivity index (χ0) is 7.07. The molecule has 1 saturated carbocycles. The van der Waals surface area contributed by atoms with Crippen LogP contribution in [0.4, 0.5) is 0 Å². The molecule has 0 N–H and O–H groups in total. The van der Waals surface area contributed by atoms with Crippen LogP contribution in [0.3, 0.4) is 0 Å². The SMILES string of the molecule is C[C@H]1CC(=O)C(C)(C)C1. The van der Waals surface area contributed by atoms with E-state index in [2.05, 4.69) is 6.92 Å². The molecule has 0 bridgehead atoms. The highest BCUT2D eigenvalue weighted by Gasteiger charge is 2.36. The number of carbonyl (C=O) groups excluding carboxylic acids is 1. The topological polar surface area (TPSA) is 17.1 Å². The molecule has 1 aliphatic rings. The maximum absolute atomic E-state index is 11.1. The summed E-state index contributed by atoms with van der Waals surface area (Å²) in [6.07, 6.45) is 1.87. The molecule has 9 heavy (non-hydrogen) atoms. The van der Waals surface area contributed by atoms with Gasteiger partial charge in [0.25, 0.3) is 0 Å². The van der Waals surface area contributed by atoms with Crippen LogP contribution in [-0.4, -0.2) is 5.78 Å². The minimum atomic E-state index is -0.0145. The van der Waals surface area contributed by atoms with Crippen molar-refractivity contribution in [3.8, 4) is 0 Å². The number of Topliss-reactive ketones (excluding diaryl/α,β-unsaturated/α-hetero) is 1. The van der Waals surface area contributed by atoms with E-state index in [1.165, 1.54) is 0 Å². The van der Waals surface area contributed by atoms with Crippen LogP contribution in [0.5, 0.6) is 0 Å². The lowest BCUT2D eigenvalue weighted by atomic mass is 9.90. The van der Waals surface area contributed by atoms with Crippen molar-refractivity contribution in [3.63, 3.8) is 0 Å². The predicted octanol–water partition coefficient (Wildman–Crippen LogP) is 2.01. The van der Waals surface area contributed by atoms with E-state index < -0.39 is 0 Å². The molecule has 0 unspecified atom stereocenters. The molecule has 1 fully saturated rings. The quantitative estimate of drug-likeness (QED) is 0.485. The van der Waals surface area contributed by atoms with E-state index in [-0.39, 0.29) is 5.41 Å². The molecule has 0 saturated heterocycles. The zero-order valence-corrected chi connectivity index (χ0v) is 6.40. The highest BCUT2D eigenvalue weighted by Crippen LogP contribution is 2.37. The Morgan fingerprint density at radius 3 is 2.22 bits per heavy atom. The summed E-state index contributed by atoms with van der Waals surface area (Å²) < 4.78 is 0. The first-order chi connectivity index (χ1) is 4.02. The van der Waals surface area contributed by atoms with Gasteiger partial charge in [-0.05, 0) is 12.3 Å². The summed E-state index contributed by atoms with van der Waals surface area (Å²) in [5.41, 5.74) is -0.0145. The van der Waals surface area contributed by atoms with Crippen LogP contribution >= 0.6 is 0 Å². The average Bonchev–Trinajstić information content (AvgIpc) is 1.79. The van der Waals surface area contributed by atoms with Gasteiger partial charge in [0.2, 0.25) is 0 Å². The number of hydrogen-bond acceptors (Lipinski definition) is 1. The number of ketones is 1. The fraction of sp³-hybridized carbons (Fsp3) is 0.875. The van der Waals surface area contributed by atoms with Crippen LogP contribution in [-0.2, 0) is 4.79 Å². The van der Waals surface area contributed by atoms with E-state index in [0.29, 0.717) is 11.7 Å². The van der Waals surface area contributed by atoms with Crippen molar-refractivity contribution in [2.75, 3.05) is 0 Å². The lowest BCUT2D eigenvalue weighted by Gasteiger charge is -2.13. The summed E-state index contributed by atoms with van der Waals surface area (Å²) in [5, 5.41) is 0. The highest BCUT2D eigenvalue weighted by atomic mass is 16.1. The second-order valence-corrected chi connectivity index (χ2v) is 3.82. The maximum Gasteiger partial charge on any atom is 0.138 e. The van der Waals surface area contributed by atoms with Crippen molar-refractivity contribution in [2.45, 2.75) is 33.6 Å². The molecule has 0 aromatic rings. The Morgan fingerprint density at radius 1 is 1.56 bits per heavy atom. The number of carbonyl (C=O) groups is 1. The van der Waals surface area contributed by atoms with Gasteiger partial charge in [-0.25, -0.2) is 0 Å². The fourth-order valence-corrected chi connectivity index (χ4v) is 1.65. The summed E-state index contributed by atoms with van der Waals surface area (Å²) >= 11 is 0. The third-order valence-corrected chi connectivity index (χ3v) is 2.15. The predicted molar refractivity (Wildman–Crippen MR) is 37.2 cm³/mol. The number of hydrogen-bond donors (Lipinski definition) is 0. The highest BCUT2D eigenvalue weighted by molar-refractivity contribution is 5.86. The molecule has 0 amide bonds. The third-order valence-electron chi connectivity index (χ3n) is 2.15. The molecular formula is C8H14O. The second-order valence-electron chi connectivity index (χ2n) is 3.82. The van der Waals surface area contributed by atoms with Gasteiger partial charge in [0.05, 0.1) is 0 Å². The third kappa shape index (κ3) is 1.15. The van der Waals surface area contributed by atoms with Crippen molar-refractivity contribution in [1.29, 1.82) is 0 Å². The Bertz CT molecular complexity index is 136. The molecule has 1 nitrogen and oxygen atoms in total. The second kappa shape index (κ2) is 1.83. The van der Waals surface area contributed by atoms with Gasteiger partial charge >= 0.3 is 0 Å². The molecule has 52 valence electrons. The average molecular weight is 126 g/mol. The monoisotopic (exact) mass is 126 g/mol. The zero-order valence-electron chi connectivity index (χ0n) is 6.40. The molecule has 0 aliphatic heterocycles. The molecular weight excluding hydrogens is 112 g/mol. The summed E-state index contributed by atoms with van der Waals surface area (Å²) in [6, 6.07) is 0. The maximum atomic E-state index is 11.1. The Morgan fingerprint density at radius 2 is 2.11 bits per heavy atom. The summed E-state index contributed by atoms with van der Waals surface area (Å²) in [5.74, 6) is 1.06. The molecule has 1 atom stereocenters. The van der Waals surface area contributed by atoms with Crippen LogP contribution in [0.25, 0.3) is 0 Å². The van der Waals surface area contributed by atoms with Crippen molar-refractivity contribution in [3.05, 3.63) is 0 Å². The Kier molecular flexibility index (Phi) is 1.38. The first kappa shape index (κ1) is 6.79. The van der Waals surface area contributed by atoms with Crippen molar-refractivity contribution in [2.24, 2.45) is 11.3 Å². The largest absolute Gasteiger partial charge is 0.299 e. The van der Waals surface area contributed by atoms with Gasteiger partial charge in [-0.1, -0.05) is 20.8 Å². The van der Waals surface area contributed by atoms with Crippen molar-refractivity contribution in [1.82, 2.24) is 0 Å². The van der Waals surface area contributed by atoms with Gasteiger partial charge in [-0.3, -0.25) is 4.79 Å². The van der Waals surface area contributed by atoms with Gasteiger partial charge < -0.3 is 0 Å². The van der Waals surface area contributed by atoms with E-state index in [0.717, 1.165) is 12.8 Å². The molecule has 1 aliphatic carbocycles. The Hall–Kier alpha value is -0.330.